The highest BCUT2D eigenvalue weighted by molar-refractivity contribution is 7.90. The Kier molecular flexibility index (Phi) is 3.64. The average molecular weight is 289 g/mol. The number of thiophene rings is 1. The molecule has 9 heteroatoms. The standard InChI is InChI=1S/C9H11N3O4S2/c13-8-7(5-10-9(14)12-8)18(15,16)11-4-6-2-1-3-17-6/h1-3,7,11H,4-5H2,(H2,10,12,13,14). The van der Waals surface area contributed by atoms with Gasteiger partial charge in [-0.05, 0) is 11.4 Å². The van der Waals surface area contributed by atoms with Crippen LogP contribution in [0.5, 0.6) is 0 Å². The van der Waals surface area contributed by atoms with Gasteiger partial charge in [0.15, 0.2) is 5.25 Å². The summed E-state index contributed by atoms with van der Waals surface area (Å²) in [6.07, 6.45) is 0. The molecule has 1 fully saturated rings. The first-order valence-corrected chi connectivity index (χ1v) is 7.51. The fourth-order valence-corrected chi connectivity index (χ4v) is 3.39. The van der Waals surface area contributed by atoms with Crippen molar-refractivity contribution in [3.05, 3.63) is 22.4 Å². The van der Waals surface area contributed by atoms with Crippen LogP contribution in [0, 0.1) is 0 Å². The Bertz CT molecular complexity index is 552. The van der Waals surface area contributed by atoms with E-state index in [4.69, 9.17) is 0 Å². The van der Waals surface area contributed by atoms with Crippen molar-refractivity contribution in [1.29, 1.82) is 0 Å². The van der Waals surface area contributed by atoms with Crippen molar-refractivity contribution in [3.8, 4) is 0 Å². The fourth-order valence-electron chi connectivity index (χ4n) is 1.45. The normalized spacial score (nSPS) is 20.3. The number of urea groups is 1. The Morgan fingerprint density at radius 3 is 2.83 bits per heavy atom. The minimum absolute atomic E-state index is 0.137. The third kappa shape index (κ3) is 2.86. The van der Waals surface area contributed by atoms with E-state index in [1.54, 1.807) is 6.07 Å². The summed E-state index contributed by atoms with van der Waals surface area (Å²) in [6.45, 7) is -0.0812. The third-order valence-electron chi connectivity index (χ3n) is 2.38. The zero-order chi connectivity index (χ0) is 13.2. The van der Waals surface area contributed by atoms with Crippen molar-refractivity contribution in [2.24, 2.45) is 0 Å². The lowest BCUT2D eigenvalue weighted by Gasteiger charge is -2.22. The second kappa shape index (κ2) is 5.04. The summed E-state index contributed by atoms with van der Waals surface area (Å²) in [4.78, 5) is 23.1. The van der Waals surface area contributed by atoms with Crippen LogP contribution < -0.4 is 15.4 Å². The van der Waals surface area contributed by atoms with E-state index in [1.165, 1.54) is 11.3 Å². The predicted molar refractivity (Wildman–Crippen MR) is 65.4 cm³/mol. The predicted octanol–water partition coefficient (Wildman–Crippen LogP) is -0.625. The van der Waals surface area contributed by atoms with Gasteiger partial charge in [-0.1, -0.05) is 6.07 Å². The van der Waals surface area contributed by atoms with Gasteiger partial charge in [-0.3, -0.25) is 10.1 Å². The van der Waals surface area contributed by atoms with Gasteiger partial charge in [0.25, 0.3) is 0 Å². The van der Waals surface area contributed by atoms with Gasteiger partial charge in [-0.25, -0.2) is 17.9 Å². The van der Waals surface area contributed by atoms with Crippen molar-refractivity contribution in [2.45, 2.75) is 11.8 Å². The van der Waals surface area contributed by atoms with E-state index in [1.807, 2.05) is 16.8 Å². The van der Waals surface area contributed by atoms with Gasteiger partial charge in [0.05, 0.1) is 0 Å². The van der Waals surface area contributed by atoms with E-state index < -0.39 is 27.2 Å². The number of imide groups is 1. The smallest absolute Gasteiger partial charge is 0.321 e. The molecule has 1 aliphatic heterocycles. The second-order valence-corrected chi connectivity index (χ2v) is 6.61. The zero-order valence-electron chi connectivity index (χ0n) is 9.17. The molecule has 7 nitrogen and oxygen atoms in total. The summed E-state index contributed by atoms with van der Waals surface area (Å²) >= 11 is 1.41. The molecule has 0 bridgehead atoms. The number of hydrogen-bond acceptors (Lipinski definition) is 5. The molecule has 1 unspecified atom stereocenters. The summed E-state index contributed by atoms with van der Waals surface area (Å²) in [5.74, 6) is -0.808. The first-order valence-electron chi connectivity index (χ1n) is 5.08. The van der Waals surface area contributed by atoms with Crippen LogP contribution in [0.15, 0.2) is 17.5 Å². The van der Waals surface area contributed by atoms with Crippen molar-refractivity contribution in [3.63, 3.8) is 0 Å². The molecule has 0 aromatic carbocycles. The molecule has 0 radical (unpaired) electrons. The molecule has 1 atom stereocenters. The van der Waals surface area contributed by atoms with Gasteiger partial charge in [-0.2, -0.15) is 0 Å². The number of rotatable bonds is 4. The first kappa shape index (κ1) is 13.0. The molecule has 2 heterocycles. The van der Waals surface area contributed by atoms with Crippen LogP contribution in [-0.2, 0) is 21.4 Å². The number of carbonyl (C=O) groups is 2. The zero-order valence-corrected chi connectivity index (χ0v) is 10.8. The molecule has 18 heavy (non-hydrogen) atoms. The van der Waals surface area contributed by atoms with Gasteiger partial charge < -0.3 is 5.32 Å². The summed E-state index contributed by atoms with van der Waals surface area (Å²) in [5.41, 5.74) is 0. The lowest BCUT2D eigenvalue weighted by Crippen LogP contribution is -2.59. The monoisotopic (exact) mass is 289 g/mol. The lowest BCUT2D eigenvalue weighted by molar-refractivity contribution is -0.120. The maximum absolute atomic E-state index is 11.9. The van der Waals surface area contributed by atoms with Crippen LogP contribution in [0.4, 0.5) is 4.79 Å². The first-order chi connectivity index (χ1) is 8.49. The highest BCUT2D eigenvalue weighted by Crippen LogP contribution is 2.10. The summed E-state index contributed by atoms with van der Waals surface area (Å²) in [7, 11) is -3.80. The molecule has 0 saturated carbocycles. The van der Waals surface area contributed by atoms with Gasteiger partial charge in [-0.15, -0.1) is 11.3 Å². The minimum atomic E-state index is -3.80. The highest BCUT2D eigenvalue weighted by atomic mass is 32.2. The topological polar surface area (TPSA) is 104 Å². The summed E-state index contributed by atoms with van der Waals surface area (Å²) < 4.78 is 26.1. The molecule has 1 aromatic heterocycles. The SMILES string of the molecule is O=C1NCC(S(=O)(=O)NCc2cccs2)C(=O)N1. The second-order valence-electron chi connectivity index (χ2n) is 3.63. The maximum Gasteiger partial charge on any atom is 0.321 e. The van der Waals surface area contributed by atoms with Gasteiger partial charge >= 0.3 is 6.03 Å². The molecule has 1 saturated heterocycles. The Morgan fingerprint density at radius 2 is 2.22 bits per heavy atom. The van der Waals surface area contributed by atoms with E-state index in [0.29, 0.717) is 0 Å². The van der Waals surface area contributed by atoms with Crippen molar-refractivity contribution >= 4 is 33.3 Å². The quantitative estimate of drug-likeness (QED) is 0.686. The van der Waals surface area contributed by atoms with Crippen molar-refractivity contribution in [1.82, 2.24) is 15.4 Å². The van der Waals surface area contributed by atoms with Gasteiger partial charge in [0, 0.05) is 18.0 Å². The molecule has 1 aromatic rings. The van der Waals surface area contributed by atoms with Crippen molar-refractivity contribution < 1.29 is 18.0 Å². The Balaban J connectivity index is 2.02. The molecule has 0 spiro atoms. The number of amides is 3. The van der Waals surface area contributed by atoms with E-state index in [9.17, 15) is 18.0 Å². The van der Waals surface area contributed by atoms with Crippen molar-refractivity contribution in [2.75, 3.05) is 6.54 Å². The average Bonchev–Trinajstić information content (AvgIpc) is 2.78. The number of sulfonamides is 1. The van der Waals surface area contributed by atoms with Crippen LogP contribution in [-0.4, -0.2) is 32.2 Å². The molecule has 3 amide bonds. The molecule has 3 N–H and O–H groups in total. The van der Waals surface area contributed by atoms with Gasteiger partial charge in [0.2, 0.25) is 15.9 Å². The summed E-state index contributed by atoms with van der Waals surface area (Å²) in [5, 5.41) is 4.73. The number of nitrogens with one attached hydrogen (secondary N) is 3. The molecule has 0 aliphatic carbocycles. The lowest BCUT2D eigenvalue weighted by atomic mass is 10.3. The number of carbonyl (C=O) groups excluding carboxylic acids is 2. The largest absolute Gasteiger partial charge is 0.336 e. The molecule has 1 aliphatic rings. The van der Waals surface area contributed by atoms with Gasteiger partial charge in [0.1, 0.15) is 0 Å². The maximum atomic E-state index is 11.9. The highest BCUT2D eigenvalue weighted by Gasteiger charge is 2.36. The van der Waals surface area contributed by atoms with E-state index in [0.717, 1.165) is 4.88 Å². The van der Waals surface area contributed by atoms with E-state index >= 15 is 0 Å². The fraction of sp³-hybridized carbons (Fsp3) is 0.333. The molecule has 98 valence electrons. The molecular formula is C9H11N3O4S2. The molecule has 2 rings (SSSR count). The van der Waals surface area contributed by atoms with Crippen LogP contribution in [0.25, 0.3) is 0 Å². The summed E-state index contributed by atoms with van der Waals surface area (Å²) in [6, 6.07) is 2.92. The van der Waals surface area contributed by atoms with Crippen LogP contribution in [0.2, 0.25) is 0 Å². The van der Waals surface area contributed by atoms with Crippen LogP contribution in [0.1, 0.15) is 4.88 Å². The van der Waals surface area contributed by atoms with E-state index in [2.05, 4.69) is 10.0 Å². The third-order valence-corrected chi connectivity index (χ3v) is 4.93. The number of hydrogen-bond donors (Lipinski definition) is 3. The van der Waals surface area contributed by atoms with Crippen LogP contribution in [0.3, 0.4) is 0 Å². The Hall–Kier alpha value is -1.45. The Morgan fingerprint density at radius 1 is 1.44 bits per heavy atom. The minimum Gasteiger partial charge on any atom is -0.336 e. The van der Waals surface area contributed by atoms with E-state index in [-0.39, 0.29) is 13.1 Å². The van der Waals surface area contributed by atoms with Crippen LogP contribution >= 0.6 is 11.3 Å². The molecular weight excluding hydrogens is 278 g/mol. The Labute approximate surface area is 108 Å².